The minimum absolute atomic E-state index is 0.455. The summed E-state index contributed by atoms with van der Waals surface area (Å²) in [5.74, 6) is 0.871. The van der Waals surface area contributed by atoms with Gasteiger partial charge in [-0.15, -0.1) is 11.3 Å². The maximum Gasteiger partial charge on any atom is 0.133 e. The Hall–Kier alpha value is -0.840. The largest absolute Gasteiger partial charge is 0.496 e. The highest BCUT2D eigenvalue weighted by molar-refractivity contribution is 9.10. The first-order valence-corrected chi connectivity index (χ1v) is 8.41. The second-order valence-corrected chi connectivity index (χ2v) is 6.65. The molecule has 0 bridgehead atoms. The summed E-state index contributed by atoms with van der Waals surface area (Å²) in [6.45, 7) is 2.22. The predicted octanol–water partition coefficient (Wildman–Crippen LogP) is 5.25. The second kappa shape index (κ2) is 7.25. The molecule has 0 amide bonds. The molecule has 0 fully saturated rings. The van der Waals surface area contributed by atoms with E-state index < -0.39 is 0 Å². The number of thiophene rings is 1. The molecule has 4 heteroatoms. The van der Waals surface area contributed by atoms with E-state index in [1.165, 1.54) is 28.2 Å². The molecule has 0 aliphatic carbocycles. The van der Waals surface area contributed by atoms with Crippen LogP contribution in [-0.4, -0.2) is 14.2 Å². The van der Waals surface area contributed by atoms with Gasteiger partial charge in [-0.05, 0) is 59.2 Å². The van der Waals surface area contributed by atoms with E-state index in [4.69, 9.17) is 4.74 Å². The quantitative estimate of drug-likeness (QED) is 0.765. The van der Waals surface area contributed by atoms with Crippen LogP contribution in [0.25, 0.3) is 10.4 Å². The first-order valence-electron chi connectivity index (χ1n) is 6.80. The molecule has 1 aromatic carbocycles. The van der Waals surface area contributed by atoms with E-state index in [9.17, 15) is 0 Å². The van der Waals surface area contributed by atoms with E-state index in [2.05, 4.69) is 52.4 Å². The number of rotatable bonds is 6. The average Bonchev–Trinajstić information content (AvgIpc) is 2.95. The fourth-order valence-electron chi connectivity index (χ4n) is 2.23. The normalized spacial score (nSPS) is 12.4. The van der Waals surface area contributed by atoms with Crippen LogP contribution in [0.2, 0.25) is 0 Å². The summed E-state index contributed by atoms with van der Waals surface area (Å²) < 4.78 is 6.35. The van der Waals surface area contributed by atoms with Gasteiger partial charge in [-0.3, -0.25) is 0 Å². The summed E-state index contributed by atoms with van der Waals surface area (Å²) in [6, 6.07) is 11.1. The van der Waals surface area contributed by atoms with Crippen molar-refractivity contribution in [1.29, 1.82) is 0 Å². The fraction of sp³-hybridized carbons (Fsp3) is 0.375. The van der Waals surface area contributed by atoms with E-state index in [0.29, 0.717) is 6.04 Å². The zero-order valence-corrected chi connectivity index (χ0v) is 14.5. The van der Waals surface area contributed by atoms with Crippen molar-refractivity contribution in [2.45, 2.75) is 25.8 Å². The van der Waals surface area contributed by atoms with Crippen molar-refractivity contribution in [2.24, 2.45) is 0 Å². The van der Waals surface area contributed by atoms with Gasteiger partial charge in [-0.2, -0.15) is 0 Å². The van der Waals surface area contributed by atoms with Gasteiger partial charge in [0.1, 0.15) is 5.75 Å². The Balaban J connectivity index is 2.28. The Bertz CT molecular complexity index is 567. The third-order valence-corrected chi connectivity index (χ3v) is 5.23. The summed E-state index contributed by atoms with van der Waals surface area (Å²) in [5.41, 5.74) is 1.20. The van der Waals surface area contributed by atoms with Gasteiger partial charge in [0.15, 0.2) is 0 Å². The Morgan fingerprint density at radius 1 is 1.30 bits per heavy atom. The number of halogens is 1. The van der Waals surface area contributed by atoms with E-state index >= 15 is 0 Å². The number of benzene rings is 1. The number of nitrogens with one attached hydrogen (secondary N) is 1. The zero-order chi connectivity index (χ0) is 14.5. The van der Waals surface area contributed by atoms with Crippen molar-refractivity contribution >= 4 is 27.3 Å². The van der Waals surface area contributed by atoms with Gasteiger partial charge in [0.25, 0.3) is 0 Å². The maximum atomic E-state index is 5.37. The molecule has 2 aromatic rings. The lowest BCUT2D eigenvalue weighted by Crippen LogP contribution is -2.14. The highest BCUT2D eigenvalue weighted by Gasteiger charge is 2.12. The van der Waals surface area contributed by atoms with Gasteiger partial charge in [-0.1, -0.05) is 19.4 Å². The van der Waals surface area contributed by atoms with Crippen LogP contribution in [0.1, 0.15) is 30.7 Å². The minimum atomic E-state index is 0.455. The molecule has 0 aliphatic rings. The monoisotopic (exact) mass is 353 g/mol. The SMILES string of the molecule is CCCC(NC)c1ccc(-c2ccc(Br)c(OC)c2)s1. The van der Waals surface area contributed by atoms with Crippen LogP contribution in [0.3, 0.4) is 0 Å². The van der Waals surface area contributed by atoms with Gasteiger partial charge < -0.3 is 10.1 Å². The van der Waals surface area contributed by atoms with Crippen LogP contribution in [0, 0.1) is 0 Å². The maximum absolute atomic E-state index is 5.37. The Labute approximate surface area is 133 Å². The average molecular weight is 354 g/mol. The molecular formula is C16H20BrNOS. The fourth-order valence-corrected chi connectivity index (χ4v) is 3.78. The van der Waals surface area contributed by atoms with Crippen LogP contribution < -0.4 is 10.1 Å². The number of ether oxygens (including phenoxy) is 1. The molecule has 0 spiro atoms. The third-order valence-electron chi connectivity index (χ3n) is 3.33. The van der Waals surface area contributed by atoms with E-state index in [1.807, 2.05) is 24.5 Å². The molecule has 2 rings (SSSR count). The molecule has 1 N–H and O–H groups in total. The standard InChI is InChI=1S/C16H20BrNOS/c1-4-5-13(18-2)16-9-8-15(20-16)11-6-7-12(17)14(10-11)19-3/h6-10,13,18H,4-5H2,1-3H3. The van der Waals surface area contributed by atoms with Gasteiger partial charge in [-0.25, -0.2) is 0 Å². The number of hydrogen-bond donors (Lipinski definition) is 1. The van der Waals surface area contributed by atoms with Crippen molar-refractivity contribution in [3.63, 3.8) is 0 Å². The van der Waals surface area contributed by atoms with Crippen LogP contribution in [-0.2, 0) is 0 Å². The summed E-state index contributed by atoms with van der Waals surface area (Å²) in [6.07, 6.45) is 2.35. The van der Waals surface area contributed by atoms with Crippen LogP contribution in [0.5, 0.6) is 5.75 Å². The molecular weight excluding hydrogens is 334 g/mol. The summed E-state index contributed by atoms with van der Waals surface area (Å²) in [5, 5.41) is 3.39. The first kappa shape index (κ1) is 15.5. The summed E-state index contributed by atoms with van der Waals surface area (Å²) in [7, 11) is 3.73. The lowest BCUT2D eigenvalue weighted by Gasteiger charge is -2.12. The van der Waals surface area contributed by atoms with Gasteiger partial charge in [0.05, 0.1) is 11.6 Å². The third kappa shape index (κ3) is 3.43. The molecule has 108 valence electrons. The molecule has 1 aromatic heterocycles. The number of methoxy groups -OCH3 is 1. The zero-order valence-electron chi connectivity index (χ0n) is 12.1. The molecule has 0 radical (unpaired) electrons. The number of hydrogen-bond acceptors (Lipinski definition) is 3. The topological polar surface area (TPSA) is 21.3 Å². The van der Waals surface area contributed by atoms with Gasteiger partial charge >= 0.3 is 0 Å². The summed E-state index contributed by atoms with van der Waals surface area (Å²) in [4.78, 5) is 2.67. The van der Waals surface area contributed by atoms with Gasteiger partial charge in [0.2, 0.25) is 0 Å². The van der Waals surface area contributed by atoms with E-state index in [1.54, 1.807) is 7.11 Å². The highest BCUT2D eigenvalue weighted by Crippen LogP contribution is 2.36. The lowest BCUT2D eigenvalue weighted by atomic mass is 10.1. The Morgan fingerprint density at radius 3 is 2.75 bits per heavy atom. The Morgan fingerprint density at radius 2 is 2.10 bits per heavy atom. The minimum Gasteiger partial charge on any atom is -0.496 e. The molecule has 2 nitrogen and oxygen atoms in total. The smallest absolute Gasteiger partial charge is 0.133 e. The molecule has 1 atom stereocenters. The van der Waals surface area contributed by atoms with Crippen molar-refractivity contribution in [3.8, 4) is 16.2 Å². The molecule has 1 unspecified atom stereocenters. The summed E-state index contributed by atoms with van der Waals surface area (Å²) >= 11 is 5.34. The highest BCUT2D eigenvalue weighted by atomic mass is 79.9. The molecule has 20 heavy (non-hydrogen) atoms. The van der Waals surface area contributed by atoms with Crippen molar-refractivity contribution in [2.75, 3.05) is 14.2 Å². The van der Waals surface area contributed by atoms with Crippen LogP contribution in [0.4, 0.5) is 0 Å². The van der Waals surface area contributed by atoms with E-state index in [0.717, 1.165) is 10.2 Å². The molecule has 0 saturated carbocycles. The van der Waals surface area contributed by atoms with Crippen LogP contribution in [0.15, 0.2) is 34.8 Å². The van der Waals surface area contributed by atoms with Crippen molar-refractivity contribution < 1.29 is 4.74 Å². The first-order chi connectivity index (χ1) is 9.69. The van der Waals surface area contributed by atoms with Gasteiger partial charge in [0, 0.05) is 15.8 Å². The van der Waals surface area contributed by atoms with Crippen LogP contribution >= 0.6 is 27.3 Å². The molecule has 0 saturated heterocycles. The van der Waals surface area contributed by atoms with Crippen molar-refractivity contribution in [1.82, 2.24) is 5.32 Å². The molecule has 1 heterocycles. The van der Waals surface area contributed by atoms with E-state index in [-0.39, 0.29) is 0 Å². The lowest BCUT2D eigenvalue weighted by molar-refractivity contribution is 0.412. The molecule has 0 aliphatic heterocycles. The Kier molecular flexibility index (Phi) is 5.64. The van der Waals surface area contributed by atoms with Crippen molar-refractivity contribution in [3.05, 3.63) is 39.7 Å². The predicted molar refractivity (Wildman–Crippen MR) is 90.7 cm³/mol. The second-order valence-electron chi connectivity index (χ2n) is 4.68.